The molecule has 2 atom stereocenters. The van der Waals surface area contributed by atoms with Crippen LogP contribution in [0.1, 0.15) is 12.5 Å². The average Bonchev–Trinajstić information content (AvgIpc) is 2.27. The van der Waals surface area contributed by atoms with Crippen LogP contribution in [0.5, 0.6) is 0 Å². The van der Waals surface area contributed by atoms with Crippen LogP contribution in [0.2, 0.25) is 0 Å². The monoisotopic (exact) mass is 289 g/mol. The molecule has 19 heavy (non-hydrogen) atoms. The van der Waals surface area contributed by atoms with E-state index in [1.54, 1.807) is 0 Å². The fraction of sp³-hybridized carbons (Fsp3) is 0.364. The van der Waals surface area contributed by atoms with Crippen molar-refractivity contribution in [1.82, 2.24) is 0 Å². The molecule has 6 nitrogen and oxygen atoms in total. The average molecular weight is 289 g/mol. The highest BCUT2D eigenvalue weighted by atomic mass is 32.2. The largest absolute Gasteiger partial charge is 0.481 e. The molecule has 0 aliphatic carbocycles. The van der Waals surface area contributed by atoms with E-state index in [0.29, 0.717) is 5.56 Å². The second kappa shape index (κ2) is 6.37. The minimum atomic E-state index is -1.46. The third-order valence-corrected chi connectivity index (χ3v) is 3.92. The van der Waals surface area contributed by atoms with Gasteiger partial charge < -0.3 is 5.11 Å². The Bertz CT molecular complexity index is 534. The summed E-state index contributed by atoms with van der Waals surface area (Å²) in [6.45, 7) is 1.43. The van der Waals surface area contributed by atoms with Gasteiger partial charge in [0.2, 0.25) is 5.82 Å². The van der Waals surface area contributed by atoms with Crippen LogP contribution in [-0.2, 0) is 21.3 Å². The van der Waals surface area contributed by atoms with Crippen LogP contribution >= 0.6 is 0 Å². The van der Waals surface area contributed by atoms with E-state index >= 15 is 0 Å². The molecule has 0 saturated heterocycles. The van der Waals surface area contributed by atoms with E-state index < -0.39 is 39.1 Å². The molecular formula is C11H12FNO5S. The van der Waals surface area contributed by atoms with E-state index in [1.807, 2.05) is 0 Å². The van der Waals surface area contributed by atoms with Gasteiger partial charge in [-0.05, 0) is 11.6 Å². The molecule has 0 saturated carbocycles. The van der Waals surface area contributed by atoms with Gasteiger partial charge in [-0.15, -0.1) is 0 Å². The lowest BCUT2D eigenvalue weighted by Crippen LogP contribution is -2.18. The van der Waals surface area contributed by atoms with Crippen molar-refractivity contribution in [3.63, 3.8) is 0 Å². The summed E-state index contributed by atoms with van der Waals surface area (Å²) >= 11 is 0. The number of carbonyl (C=O) groups is 1. The lowest BCUT2D eigenvalue weighted by Gasteiger charge is -2.06. The fourth-order valence-corrected chi connectivity index (χ4v) is 2.75. The summed E-state index contributed by atoms with van der Waals surface area (Å²) < 4.78 is 25.0. The van der Waals surface area contributed by atoms with E-state index in [4.69, 9.17) is 5.11 Å². The third kappa shape index (κ3) is 4.40. The molecule has 0 fully saturated rings. The van der Waals surface area contributed by atoms with Crippen molar-refractivity contribution in [1.29, 1.82) is 0 Å². The van der Waals surface area contributed by atoms with Crippen LogP contribution in [0.25, 0.3) is 0 Å². The smallest absolute Gasteiger partial charge is 0.307 e. The minimum Gasteiger partial charge on any atom is -0.481 e. The number of hydrogen-bond acceptors (Lipinski definition) is 4. The maximum atomic E-state index is 13.3. The molecule has 0 amide bonds. The third-order valence-electron chi connectivity index (χ3n) is 2.39. The summed E-state index contributed by atoms with van der Waals surface area (Å²) in [6, 6.07) is 3.26. The summed E-state index contributed by atoms with van der Waals surface area (Å²) in [5, 5.41) is 19.1. The second-order valence-corrected chi connectivity index (χ2v) is 5.53. The first-order chi connectivity index (χ1) is 8.81. The number of aliphatic carboxylic acids is 1. The number of nitro groups is 1. The SMILES string of the molecule is CC(CS(=O)Cc1ccc([N+](=O)[O-])c(F)c1)C(=O)O. The van der Waals surface area contributed by atoms with Crippen molar-refractivity contribution >= 4 is 22.5 Å². The quantitative estimate of drug-likeness (QED) is 0.635. The number of hydrogen-bond donors (Lipinski definition) is 1. The van der Waals surface area contributed by atoms with Crippen molar-refractivity contribution in [3.05, 3.63) is 39.7 Å². The van der Waals surface area contributed by atoms with E-state index in [0.717, 1.165) is 12.1 Å². The van der Waals surface area contributed by atoms with Gasteiger partial charge in [-0.2, -0.15) is 4.39 Å². The van der Waals surface area contributed by atoms with E-state index in [-0.39, 0.29) is 11.5 Å². The number of nitrogens with zero attached hydrogens (tertiary/aromatic N) is 1. The lowest BCUT2D eigenvalue weighted by atomic mass is 10.2. The van der Waals surface area contributed by atoms with E-state index in [9.17, 15) is 23.5 Å². The number of rotatable bonds is 6. The van der Waals surface area contributed by atoms with Gasteiger partial charge in [0.25, 0.3) is 0 Å². The lowest BCUT2D eigenvalue weighted by molar-refractivity contribution is -0.387. The Kier molecular flexibility index (Phi) is 5.11. The maximum absolute atomic E-state index is 13.3. The predicted octanol–water partition coefficient (Wildman–Crippen LogP) is 1.70. The van der Waals surface area contributed by atoms with Crippen LogP contribution in [0.4, 0.5) is 10.1 Å². The Balaban J connectivity index is 2.73. The van der Waals surface area contributed by atoms with Gasteiger partial charge in [0.15, 0.2) is 0 Å². The number of halogens is 1. The van der Waals surface area contributed by atoms with Crippen molar-refractivity contribution in [2.24, 2.45) is 5.92 Å². The molecule has 8 heteroatoms. The maximum Gasteiger partial charge on any atom is 0.307 e. The van der Waals surface area contributed by atoms with Crippen LogP contribution in [0.15, 0.2) is 18.2 Å². The van der Waals surface area contributed by atoms with E-state index in [2.05, 4.69) is 0 Å². The zero-order chi connectivity index (χ0) is 14.6. The van der Waals surface area contributed by atoms with Gasteiger partial charge in [-0.1, -0.05) is 13.0 Å². The Morgan fingerprint density at radius 1 is 1.58 bits per heavy atom. The van der Waals surface area contributed by atoms with Crippen molar-refractivity contribution in [3.8, 4) is 0 Å². The summed E-state index contributed by atoms with van der Waals surface area (Å²) in [7, 11) is -1.46. The molecule has 1 aromatic rings. The first-order valence-electron chi connectivity index (χ1n) is 5.32. The zero-order valence-corrected chi connectivity index (χ0v) is 10.9. The second-order valence-electron chi connectivity index (χ2n) is 4.03. The molecular weight excluding hydrogens is 277 g/mol. The summed E-state index contributed by atoms with van der Waals surface area (Å²) in [6.07, 6.45) is 0. The number of carboxylic acids is 1. The highest BCUT2D eigenvalue weighted by Crippen LogP contribution is 2.19. The molecule has 0 radical (unpaired) electrons. The molecule has 1 rings (SSSR count). The predicted molar refractivity (Wildman–Crippen MR) is 66.6 cm³/mol. The van der Waals surface area contributed by atoms with Crippen LogP contribution in [0.3, 0.4) is 0 Å². The van der Waals surface area contributed by atoms with Gasteiger partial charge in [0.05, 0.1) is 10.8 Å². The molecule has 0 bridgehead atoms. The number of benzene rings is 1. The van der Waals surface area contributed by atoms with Gasteiger partial charge in [0, 0.05) is 28.4 Å². The molecule has 0 aliphatic rings. The van der Waals surface area contributed by atoms with Crippen LogP contribution in [0, 0.1) is 21.8 Å². The highest BCUT2D eigenvalue weighted by molar-refractivity contribution is 7.84. The summed E-state index contributed by atoms with van der Waals surface area (Å²) in [4.78, 5) is 20.2. The molecule has 1 N–H and O–H groups in total. The molecule has 1 aromatic carbocycles. The Labute approximate surface area is 110 Å². The van der Waals surface area contributed by atoms with Gasteiger partial charge in [0.1, 0.15) is 0 Å². The Hall–Kier alpha value is -1.83. The molecule has 2 unspecified atom stereocenters. The molecule has 0 spiro atoms. The Morgan fingerprint density at radius 2 is 2.21 bits per heavy atom. The van der Waals surface area contributed by atoms with Gasteiger partial charge >= 0.3 is 11.7 Å². The standard InChI is InChI=1S/C11H12FNO5S/c1-7(11(14)15)5-19(18)6-8-2-3-10(13(16)17)9(12)4-8/h2-4,7H,5-6H2,1H3,(H,14,15). The fourth-order valence-electron chi connectivity index (χ4n) is 1.38. The van der Waals surface area contributed by atoms with Crippen molar-refractivity contribution < 1.29 is 23.4 Å². The first kappa shape index (κ1) is 15.2. The normalized spacial score (nSPS) is 13.8. The molecule has 0 aromatic heterocycles. The van der Waals surface area contributed by atoms with Crippen molar-refractivity contribution in [2.45, 2.75) is 12.7 Å². The zero-order valence-electron chi connectivity index (χ0n) is 10.0. The molecule has 0 heterocycles. The van der Waals surface area contributed by atoms with Crippen LogP contribution < -0.4 is 0 Å². The topological polar surface area (TPSA) is 97.5 Å². The van der Waals surface area contributed by atoms with Crippen molar-refractivity contribution in [2.75, 3.05) is 5.75 Å². The number of nitro benzene ring substituents is 1. The Morgan fingerprint density at radius 3 is 2.68 bits per heavy atom. The molecule has 104 valence electrons. The first-order valence-corrected chi connectivity index (χ1v) is 6.80. The highest BCUT2D eigenvalue weighted by Gasteiger charge is 2.17. The van der Waals surface area contributed by atoms with Crippen LogP contribution in [-0.4, -0.2) is 26.0 Å². The summed E-state index contributed by atoms with van der Waals surface area (Å²) in [5.41, 5.74) is -0.313. The van der Waals surface area contributed by atoms with Gasteiger partial charge in [-0.25, -0.2) is 0 Å². The van der Waals surface area contributed by atoms with E-state index in [1.165, 1.54) is 13.0 Å². The molecule has 0 aliphatic heterocycles. The number of carboxylic acid groups (broad SMARTS) is 1. The van der Waals surface area contributed by atoms with Gasteiger partial charge in [-0.3, -0.25) is 19.1 Å². The summed E-state index contributed by atoms with van der Waals surface area (Å²) in [5.74, 6) is -2.89. The minimum absolute atomic E-state index is 0.0352.